The summed E-state index contributed by atoms with van der Waals surface area (Å²) in [6, 6.07) is 20.1. The zero-order chi connectivity index (χ0) is 27.5. The Balaban J connectivity index is 1.50. The summed E-state index contributed by atoms with van der Waals surface area (Å²) in [7, 11) is 0. The number of rotatable bonds is 10. The van der Waals surface area contributed by atoms with Crippen molar-refractivity contribution < 1.29 is 33.3 Å². The van der Waals surface area contributed by atoms with E-state index in [0.29, 0.717) is 28.4 Å². The lowest BCUT2D eigenvalue weighted by Gasteiger charge is -2.08. The highest BCUT2D eigenvalue weighted by Crippen LogP contribution is 2.19. The molecule has 38 heavy (non-hydrogen) atoms. The lowest BCUT2D eigenvalue weighted by Crippen LogP contribution is -2.11. The number of ketones is 1. The summed E-state index contributed by atoms with van der Waals surface area (Å²) in [6.07, 6.45) is 0. The van der Waals surface area contributed by atoms with Crippen LogP contribution in [0.4, 0.5) is 0 Å². The van der Waals surface area contributed by atoms with Gasteiger partial charge in [0.2, 0.25) is 6.79 Å². The summed E-state index contributed by atoms with van der Waals surface area (Å²) in [6.45, 7) is 9.97. The molecule has 7 heteroatoms. The van der Waals surface area contributed by atoms with Gasteiger partial charge in [-0.3, -0.25) is 4.79 Å². The molecule has 192 valence electrons. The molecule has 0 radical (unpaired) electrons. The SMILES string of the molecule is C=C(C)C(=O)COc1ccc(C#Cc2ccc(C(=O)Oc3ccc(OCOC(=O)C(=C)C)cc3)cc2)cc1. The summed E-state index contributed by atoms with van der Waals surface area (Å²) in [5.74, 6) is 6.23. The summed E-state index contributed by atoms with van der Waals surface area (Å²) in [4.78, 5) is 35.4. The summed E-state index contributed by atoms with van der Waals surface area (Å²) >= 11 is 0. The summed E-state index contributed by atoms with van der Waals surface area (Å²) < 4.78 is 21.0. The van der Waals surface area contributed by atoms with Gasteiger partial charge in [-0.05, 0) is 92.2 Å². The molecule has 0 N–H and O–H groups in total. The van der Waals surface area contributed by atoms with E-state index in [9.17, 15) is 14.4 Å². The van der Waals surface area contributed by atoms with E-state index in [1.165, 1.54) is 0 Å². The molecule has 0 saturated carbocycles. The number of hydrogen-bond donors (Lipinski definition) is 0. The van der Waals surface area contributed by atoms with Crippen molar-refractivity contribution in [2.24, 2.45) is 0 Å². The minimum absolute atomic E-state index is 0.0519. The molecule has 0 aliphatic heterocycles. The minimum atomic E-state index is -0.540. The smallest absolute Gasteiger partial charge is 0.343 e. The van der Waals surface area contributed by atoms with Crippen molar-refractivity contribution in [3.05, 3.63) is 114 Å². The second-order valence-corrected chi connectivity index (χ2v) is 8.18. The second kappa shape index (κ2) is 13.3. The molecule has 3 aromatic carbocycles. The van der Waals surface area contributed by atoms with Crippen molar-refractivity contribution in [2.45, 2.75) is 13.8 Å². The van der Waals surface area contributed by atoms with E-state index in [-0.39, 0.29) is 24.8 Å². The van der Waals surface area contributed by atoms with E-state index < -0.39 is 11.9 Å². The fourth-order valence-corrected chi connectivity index (χ4v) is 2.78. The normalized spacial score (nSPS) is 9.84. The third kappa shape index (κ3) is 8.54. The van der Waals surface area contributed by atoms with E-state index in [0.717, 1.165) is 11.1 Å². The predicted octanol–water partition coefficient (Wildman–Crippen LogP) is 5.29. The van der Waals surface area contributed by atoms with Crippen molar-refractivity contribution in [1.29, 1.82) is 0 Å². The van der Waals surface area contributed by atoms with Crippen LogP contribution in [0.15, 0.2) is 97.1 Å². The van der Waals surface area contributed by atoms with Gasteiger partial charge >= 0.3 is 11.9 Å². The Labute approximate surface area is 221 Å². The third-order valence-corrected chi connectivity index (χ3v) is 4.97. The van der Waals surface area contributed by atoms with E-state index in [2.05, 4.69) is 25.0 Å². The first-order valence-electron chi connectivity index (χ1n) is 11.5. The van der Waals surface area contributed by atoms with Gasteiger partial charge < -0.3 is 18.9 Å². The van der Waals surface area contributed by atoms with Crippen LogP contribution in [0.1, 0.15) is 35.3 Å². The molecule has 3 aromatic rings. The van der Waals surface area contributed by atoms with Crippen molar-refractivity contribution in [3.63, 3.8) is 0 Å². The number of carbonyl (C=O) groups is 3. The Morgan fingerprint density at radius 1 is 0.684 bits per heavy atom. The first-order chi connectivity index (χ1) is 18.2. The van der Waals surface area contributed by atoms with Crippen LogP contribution in [0.5, 0.6) is 17.2 Å². The van der Waals surface area contributed by atoms with Gasteiger partial charge in [0.15, 0.2) is 12.4 Å². The number of esters is 2. The molecule has 7 nitrogen and oxygen atoms in total. The fourth-order valence-electron chi connectivity index (χ4n) is 2.78. The van der Waals surface area contributed by atoms with Gasteiger partial charge in [0.1, 0.15) is 17.2 Å². The standard InChI is InChI=1S/C31H26O7/c1-21(2)29(32)19-35-26-13-9-24(10-14-26)6-5-23-7-11-25(12-8-23)31(34)38-28-17-15-27(16-18-28)36-20-37-30(33)22(3)4/h7-18H,1,3,19-20H2,2,4H3. The van der Waals surface area contributed by atoms with E-state index in [1.54, 1.807) is 86.6 Å². The number of carbonyl (C=O) groups excluding carboxylic acids is 3. The molecule has 0 aliphatic rings. The number of Topliss-reactive ketones (excluding diaryl/α,β-unsaturated/α-hetero) is 1. The highest BCUT2D eigenvalue weighted by molar-refractivity contribution is 5.95. The zero-order valence-corrected chi connectivity index (χ0v) is 21.1. The predicted molar refractivity (Wildman–Crippen MR) is 142 cm³/mol. The molecule has 0 unspecified atom stereocenters. The fraction of sp³-hybridized carbons (Fsp3) is 0.129. The van der Waals surface area contributed by atoms with E-state index in [4.69, 9.17) is 18.9 Å². The topological polar surface area (TPSA) is 88.1 Å². The number of hydrogen-bond acceptors (Lipinski definition) is 7. The Hall–Kier alpha value is -5.09. The summed E-state index contributed by atoms with van der Waals surface area (Å²) in [5, 5.41) is 0. The van der Waals surface area contributed by atoms with Crippen LogP contribution < -0.4 is 14.2 Å². The molecule has 0 aliphatic carbocycles. The lowest BCUT2D eigenvalue weighted by molar-refractivity contribution is -0.145. The Morgan fingerprint density at radius 2 is 1.18 bits per heavy atom. The average Bonchev–Trinajstić information content (AvgIpc) is 2.92. The van der Waals surface area contributed by atoms with Crippen LogP contribution >= 0.6 is 0 Å². The third-order valence-electron chi connectivity index (χ3n) is 4.97. The minimum Gasteiger partial charge on any atom is -0.485 e. The van der Waals surface area contributed by atoms with Gasteiger partial charge in [0.25, 0.3) is 0 Å². The molecule has 0 aromatic heterocycles. The van der Waals surface area contributed by atoms with E-state index >= 15 is 0 Å². The molecule has 0 heterocycles. The average molecular weight is 511 g/mol. The van der Waals surface area contributed by atoms with Gasteiger partial charge in [-0.1, -0.05) is 25.0 Å². The molecule has 0 bridgehead atoms. The lowest BCUT2D eigenvalue weighted by atomic mass is 10.1. The van der Waals surface area contributed by atoms with Gasteiger partial charge in [-0.25, -0.2) is 9.59 Å². The maximum absolute atomic E-state index is 12.5. The highest BCUT2D eigenvalue weighted by Gasteiger charge is 2.09. The van der Waals surface area contributed by atoms with Crippen molar-refractivity contribution in [3.8, 4) is 29.1 Å². The molecule has 0 fully saturated rings. The molecule has 0 atom stereocenters. The van der Waals surface area contributed by atoms with Gasteiger partial charge in [-0.15, -0.1) is 0 Å². The van der Waals surface area contributed by atoms with Gasteiger partial charge in [-0.2, -0.15) is 0 Å². The van der Waals surface area contributed by atoms with Crippen LogP contribution in [0, 0.1) is 11.8 Å². The van der Waals surface area contributed by atoms with Crippen molar-refractivity contribution >= 4 is 17.7 Å². The molecule has 0 saturated heterocycles. The monoisotopic (exact) mass is 510 g/mol. The van der Waals surface area contributed by atoms with Crippen LogP contribution in [-0.2, 0) is 14.3 Å². The quantitative estimate of drug-likeness (QED) is 0.120. The highest BCUT2D eigenvalue weighted by atomic mass is 16.7. The summed E-state index contributed by atoms with van der Waals surface area (Å²) in [5.41, 5.74) is 2.60. The second-order valence-electron chi connectivity index (χ2n) is 8.18. The molecule has 0 spiro atoms. The number of ether oxygens (including phenoxy) is 4. The Bertz CT molecular complexity index is 1390. The Morgan fingerprint density at radius 3 is 1.74 bits per heavy atom. The van der Waals surface area contributed by atoms with E-state index in [1.807, 2.05) is 0 Å². The first kappa shape index (κ1) is 27.5. The molecule has 3 rings (SSSR count). The zero-order valence-electron chi connectivity index (χ0n) is 21.1. The van der Waals surface area contributed by atoms with Crippen LogP contribution in [0.3, 0.4) is 0 Å². The Kier molecular flexibility index (Phi) is 9.61. The van der Waals surface area contributed by atoms with Gasteiger partial charge in [0.05, 0.1) is 5.56 Å². The van der Waals surface area contributed by atoms with Gasteiger partial charge in [0, 0.05) is 16.7 Å². The molecule has 0 amide bonds. The van der Waals surface area contributed by atoms with Crippen LogP contribution in [-0.4, -0.2) is 31.1 Å². The maximum Gasteiger partial charge on any atom is 0.343 e. The van der Waals surface area contributed by atoms with Crippen LogP contribution in [0.2, 0.25) is 0 Å². The molecular formula is C31H26O7. The largest absolute Gasteiger partial charge is 0.485 e. The van der Waals surface area contributed by atoms with Crippen LogP contribution in [0.25, 0.3) is 0 Å². The molecular weight excluding hydrogens is 484 g/mol. The number of benzene rings is 3. The maximum atomic E-state index is 12.5. The van der Waals surface area contributed by atoms with Crippen molar-refractivity contribution in [2.75, 3.05) is 13.4 Å². The first-order valence-corrected chi connectivity index (χ1v) is 11.5. The van der Waals surface area contributed by atoms with Crippen molar-refractivity contribution in [1.82, 2.24) is 0 Å².